The molecule has 0 bridgehead atoms. The number of hydrogen-bond acceptors (Lipinski definition) is 17. The van der Waals surface area contributed by atoms with Gasteiger partial charge in [-0.2, -0.15) is 0 Å². The van der Waals surface area contributed by atoms with E-state index >= 15 is 4.79 Å². The molecule has 0 saturated carbocycles. The van der Waals surface area contributed by atoms with E-state index in [0.717, 1.165) is 5.19 Å². The largest absolute Gasteiger partial charge is 0.497 e. The Morgan fingerprint density at radius 2 is 1.39 bits per heavy atom. The van der Waals surface area contributed by atoms with Crippen LogP contribution in [0.4, 0.5) is 17.1 Å². The molecule has 8 rings (SSSR count). The number of nitrogens with one attached hydrogen (secondary N) is 2. The van der Waals surface area contributed by atoms with E-state index in [-0.39, 0.29) is 42.9 Å². The second-order valence-corrected chi connectivity index (χ2v) is 23.8. The minimum Gasteiger partial charge on any atom is -0.497 e. The molecule has 5 aliphatic heterocycles. The first-order chi connectivity index (χ1) is 32.7. The average Bonchev–Trinajstić information content (AvgIpc) is 4.00. The standard InChI is InChI=1S/C47H60N4O17Si/c1-22-41(69(3,4)28-13-11-27(65-2)12-14-28)31(19-32(53)50-16-6-9-26(50)21-52)68-47(22)29-18-25(49-43(61)40-36(57)34(55)38(59)45(63)67-40)10-15-30(29)51(46(47)64)20-23-7-5-8-24(17-23)48-42(60)39-35(56)33(54)37(58)44(62)66-39/h5,7-8,10-15,17-18,22,26,31,33-41,44-45,52,54-59,62-63H,6,9,16,19-21H2,1-4H3,(H,48,60)(H,49,61)/t22-,26-,31+,33-,34-,35-,36-,37+,38+,39-,40-,41-,44+,45+,47+/m0/s1. The van der Waals surface area contributed by atoms with Crippen molar-refractivity contribution < 1.29 is 84.1 Å². The number of anilines is 3. The summed E-state index contributed by atoms with van der Waals surface area (Å²) in [5.74, 6) is -2.64. The van der Waals surface area contributed by atoms with Gasteiger partial charge in [0.2, 0.25) is 5.91 Å². The molecule has 69 heavy (non-hydrogen) atoms. The lowest BCUT2D eigenvalue weighted by Gasteiger charge is -2.37. The van der Waals surface area contributed by atoms with Crippen LogP contribution in [0.5, 0.6) is 5.75 Å². The van der Waals surface area contributed by atoms with Gasteiger partial charge in [-0.3, -0.25) is 19.2 Å². The van der Waals surface area contributed by atoms with Crippen molar-refractivity contribution in [2.24, 2.45) is 5.92 Å². The molecule has 11 N–H and O–H groups in total. The normalized spacial score (nSPS) is 34.5. The number of likely N-dealkylation sites (tertiary alicyclic amines) is 1. The Morgan fingerprint density at radius 1 is 0.797 bits per heavy atom. The molecule has 4 saturated heterocycles. The van der Waals surface area contributed by atoms with E-state index < -0.39 is 110 Å². The van der Waals surface area contributed by atoms with Crippen LogP contribution < -0.4 is 25.5 Å². The molecule has 0 unspecified atom stereocenters. The highest BCUT2D eigenvalue weighted by atomic mass is 28.3. The van der Waals surface area contributed by atoms with Gasteiger partial charge in [-0.25, -0.2) is 0 Å². The Labute approximate surface area is 397 Å². The number of aliphatic hydroxyl groups excluding tert-OH is 9. The highest BCUT2D eigenvalue weighted by Gasteiger charge is 2.67. The van der Waals surface area contributed by atoms with Crippen molar-refractivity contribution >= 4 is 54.0 Å². The Bertz CT molecular complexity index is 2410. The second-order valence-electron chi connectivity index (χ2n) is 19.1. The van der Waals surface area contributed by atoms with Crippen LogP contribution in [0, 0.1) is 5.92 Å². The number of carbonyl (C=O) groups is 4. The highest BCUT2D eigenvalue weighted by Crippen LogP contribution is 2.60. The predicted molar refractivity (Wildman–Crippen MR) is 245 cm³/mol. The van der Waals surface area contributed by atoms with E-state index in [2.05, 4.69) is 23.7 Å². The summed E-state index contributed by atoms with van der Waals surface area (Å²) in [6.07, 6.45) is -18.4. The van der Waals surface area contributed by atoms with Gasteiger partial charge >= 0.3 is 0 Å². The van der Waals surface area contributed by atoms with Gasteiger partial charge in [0.1, 0.15) is 42.4 Å². The maximum Gasteiger partial charge on any atom is 0.264 e. The fourth-order valence-corrected chi connectivity index (χ4v) is 14.9. The quantitative estimate of drug-likeness (QED) is 0.0903. The zero-order valence-electron chi connectivity index (χ0n) is 38.4. The van der Waals surface area contributed by atoms with Crippen LogP contribution in [-0.2, 0) is 45.5 Å². The van der Waals surface area contributed by atoms with Gasteiger partial charge in [0.05, 0.1) is 52.6 Å². The lowest BCUT2D eigenvalue weighted by atomic mass is 9.82. The number of nitrogens with zero attached hydrogens (tertiary/aromatic N) is 2. The SMILES string of the molecule is COc1ccc([Si](C)(C)[C@@H]2[C@@H](CC(=O)N3CCC[C@H]3CO)O[C@]3(C(=O)N(Cc4cccc(NC(=O)[C@H]5O[C@@H](O)[C@H](O)[C@@H](O)[C@@H]5O)c4)c4ccc(NC(=O)[C@H]5O[C@@H](O)[C@H](O)[C@@H](O)[C@@H]5O)cc43)[C@H]2C)cc1. The molecule has 5 aliphatic rings. The summed E-state index contributed by atoms with van der Waals surface area (Å²) in [4.78, 5) is 60.1. The molecule has 4 fully saturated rings. The number of carbonyl (C=O) groups excluding carboxylic acids is 4. The number of methoxy groups -OCH3 is 1. The summed E-state index contributed by atoms with van der Waals surface area (Å²) in [6.45, 7) is 6.33. The number of hydrogen-bond donors (Lipinski definition) is 11. The van der Waals surface area contributed by atoms with E-state index in [4.69, 9.17) is 18.9 Å². The third-order valence-electron chi connectivity index (χ3n) is 14.6. The van der Waals surface area contributed by atoms with E-state index in [9.17, 15) is 60.3 Å². The third-order valence-corrected chi connectivity index (χ3v) is 19.0. The van der Waals surface area contributed by atoms with E-state index in [1.165, 1.54) is 17.0 Å². The van der Waals surface area contributed by atoms with Gasteiger partial charge in [-0.1, -0.05) is 49.5 Å². The van der Waals surface area contributed by atoms with Crippen molar-refractivity contribution in [1.82, 2.24) is 4.90 Å². The maximum atomic E-state index is 15.7. The molecular weight excluding hydrogens is 921 g/mol. The van der Waals surface area contributed by atoms with E-state index in [1.807, 2.05) is 31.2 Å². The lowest BCUT2D eigenvalue weighted by Crippen LogP contribution is -2.60. The molecule has 1 spiro atoms. The Balaban J connectivity index is 1.17. The first kappa shape index (κ1) is 50.5. The van der Waals surface area contributed by atoms with Crippen molar-refractivity contribution in [3.05, 3.63) is 77.9 Å². The summed E-state index contributed by atoms with van der Waals surface area (Å²) in [5.41, 5.74) is -0.688. The van der Waals surface area contributed by atoms with Gasteiger partial charge in [0, 0.05) is 29.4 Å². The molecule has 0 aliphatic carbocycles. The van der Waals surface area contributed by atoms with Crippen LogP contribution in [-0.4, -0.2) is 176 Å². The Kier molecular flexibility index (Phi) is 14.4. The van der Waals surface area contributed by atoms with Gasteiger partial charge in [-0.05, 0) is 66.4 Å². The summed E-state index contributed by atoms with van der Waals surface area (Å²) in [5, 5.41) is 98.2. The van der Waals surface area contributed by atoms with Crippen LogP contribution in [0.15, 0.2) is 66.7 Å². The summed E-state index contributed by atoms with van der Waals surface area (Å²) in [6, 6.07) is 18.3. The Hall–Kier alpha value is -4.92. The molecule has 15 atom stereocenters. The molecule has 374 valence electrons. The summed E-state index contributed by atoms with van der Waals surface area (Å²) < 4.78 is 22.9. The third kappa shape index (κ3) is 9.07. The van der Waals surface area contributed by atoms with Crippen molar-refractivity contribution in [3.63, 3.8) is 0 Å². The van der Waals surface area contributed by atoms with Gasteiger partial charge in [0.25, 0.3) is 17.7 Å². The van der Waals surface area contributed by atoms with Gasteiger partial charge in [-0.15, -0.1) is 0 Å². The molecule has 4 amide bonds. The minimum atomic E-state index is -2.79. The molecule has 5 heterocycles. The fourth-order valence-electron chi connectivity index (χ4n) is 10.9. The smallest absolute Gasteiger partial charge is 0.264 e. The average molecular weight is 981 g/mol. The molecule has 3 aromatic carbocycles. The van der Waals surface area contributed by atoms with Crippen molar-refractivity contribution in [3.8, 4) is 5.75 Å². The van der Waals surface area contributed by atoms with Gasteiger partial charge in [0.15, 0.2) is 30.4 Å². The van der Waals surface area contributed by atoms with E-state index in [1.54, 1.807) is 42.3 Å². The fraction of sp³-hybridized carbons (Fsp3) is 0.532. The summed E-state index contributed by atoms with van der Waals surface area (Å²) >= 11 is 0. The number of benzene rings is 3. The van der Waals surface area contributed by atoms with Crippen LogP contribution in [0.3, 0.4) is 0 Å². The predicted octanol–water partition coefficient (Wildman–Crippen LogP) is -1.69. The molecule has 21 nitrogen and oxygen atoms in total. The Morgan fingerprint density at radius 3 is 1.97 bits per heavy atom. The minimum absolute atomic E-state index is 0.106. The number of ether oxygens (including phenoxy) is 4. The van der Waals surface area contributed by atoms with E-state index in [0.29, 0.717) is 42.0 Å². The molecule has 22 heteroatoms. The van der Waals surface area contributed by atoms with Crippen molar-refractivity contribution in [2.75, 3.05) is 35.8 Å². The van der Waals surface area contributed by atoms with Crippen molar-refractivity contribution in [1.29, 1.82) is 0 Å². The molecule has 3 aromatic rings. The topological polar surface area (TPSA) is 318 Å². The number of amides is 4. The maximum absolute atomic E-state index is 15.7. The summed E-state index contributed by atoms with van der Waals surface area (Å²) in [7, 11) is -1.23. The van der Waals surface area contributed by atoms with Crippen LogP contribution in [0.1, 0.15) is 37.3 Å². The van der Waals surface area contributed by atoms with Gasteiger partial charge < -0.3 is 85.3 Å². The number of fused-ring (bicyclic) bond motifs is 2. The first-order valence-corrected chi connectivity index (χ1v) is 26.0. The monoisotopic (exact) mass is 980 g/mol. The van der Waals surface area contributed by atoms with Crippen LogP contribution in [0.25, 0.3) is 0 Å². The number of aliphatic hydroxyl groups is 9. The first-order valence-electron chi connectivity index (χ1n) is 22.9. The van der Waals surface area contributed by atoms with Crippen LogP contribution in [0.2, 0.25) is 18.6 Å². The lowest BCUT2D eigenvalue weighted by molar-refractivity contribution is -0.274. The molecule has 0 radical (unpaired) electrons. The second kappa shape index (κ2) is 19.7. The highest BCUT2D eigenvalue weighted by molar-refractivity contribution is 6.91. The zero-order valence-corrected chi connectivity index (χ0v) is 39.4. The zero-order chi connectivity index (χ0) is 49.9. The number of rotatable bonds is 12. The molecular formula is C47H60N4O17Si. The van der Waals surface area contributed by atoms with Crippen LogP contribution >= 0.6 is 0 Å². The molecule has 0 aromatic heterocycles. The van der Waals surface area contributed by atoms with Crippen molar-refractivity contribution in [2.45, 2.75) is 131 Å².